The van der Waals surface area contributed by atoms with Crippen molar-refractivity contribution in [1.29, 1.82) is 0 Å². The molecule has 0 aliphatic heterocycles. The molecule has 2 saturated carbocycles. The van der Waals surface area contributed by atoms with Crippen molar-refractivity contribution in [3.05, 3.63) is 63.7 Å². The van der Waals surface area contributed by atoms with Crippen LogP contribution in [0.5, 0.6) is 5.75 Å². The summed E-state index contributed by atoms with van der Waals surface area (Å²) in [7, 11) is 5.19. The largest absolute Gasteiger partial charge is 0.450 e. The van der Waals surface area contributed by atoms with E-state index in [1.165, 1.54) is 29.7 Å². The number of amides is 1. The van der Waals surface area contributed by atoms with E-state index in [-0.39, 0.29) is 33.9 Å². The lowest BCUT2D eigenvalue weighted by Gasteiger charge is -2.16. The highest BCUT2D eigenvalue weighted by Gasteiger charge is 2.33. The summed E-state index contributed by atoms with van der Waals surface area (Å²) in [6, 6.07) is 1.88. The monoisotopic (exact) mass is 561 g/mol. The van der Waals surface area contributed by atoms with Gasteiger partial charge in [-0.15, -0.1) is 0 Å². The molecule has 3 N–H and O–H groups in total. The standard InChI is InChI=1S/C27H28ClN9O3/c1-35-13-16(14-4-5-14)8-17(26(35)39)33-27-34-24-23(37(27)3)22(28)20(11-32-24)40-19(9-29)18-10-31-21(12-30-18)36(2)25(38)15-6-7-15/h8-15H,4-7,29H2,1-3H3,(H,32,33,34). The number of hydrogen-bond donors (Lipinski definition) is 2. The van der Waals surface area contributed by atoms with Gasteiger partial charge in [0.05, 0.1) is 18.6 Å². The molecular weight excluding hydrogens is 534 g/mol. The molecule has 0 spiro atoms. The Bertz CT molecular complexity index is 1720. The Morgan fingerprint density at radius 3 is 2.60 bits per heavy atom. The number of ether oxygens (including phenoxy) is 1. The molecule has 0 aromatic carbocycles. The number of anilines is 3. The number of nitrogens with two attached hydrogens (primary N) is 1. The average molecular weight is 562 g/mol. The number of aryl methyl sites for hydroxylation is 2. The van der Waals surface area contributed by atoms with E-state index < -0.39 is 0 Å². The van der Waals surface area contributed by atoms with Gasteiger partial charge in [0.2, 0.25) is 11.9 Å². The van der Waals surface area contributed by atoms with Crippen LogP contribution in [0.1, 0.15) is 42.9 Å². The summed E-state index contributed by atoms with van der Waals surface area (Å²) in [5, 5.41) is 3.41. The lowest BCUT2D eigenvalue weighted by atomic mass is 10.2. The maximum absolute atomic E-state index is 12.8. The Balaban J connectivity index is 1.25. The van der Waals surface area contributed by atoms with Crippen molar-refractivity contribution in [3.63, 3.8) is 0 Å². The fourth-order valence-electron chi connectivity index (χ4n) is 4.51. The van der Waals surface area contributed by atoms with E-state index in [1.807, 2.05) is 12.3 Å². The van der Waals surface area contributed by atoms with Gasteiger partial charge in [0, 0.05) is 39.5 Å². The number of pyridine rings is 2. The van der Waals surface area contributed by atoms with Crippen LogP contribution in [-0.4, -0.2) is 42.0 Å². The van der Waals surface area contributed by atoms with Crippen LogP contribution >= 0.6 is 11.6 Å². The van der Waals surface area contributed by atoms with E-state index in [0.717, 1.165) is 31.2 Å². The minimum atomic E-state index is -0.160. The third-order valence-corrected chi connectivity index (χ3v) is 7.53. The fourth-order valence-corrected chi connectivity index (χ4v) is 4.81. The maximum atomic E-state index is 12.8. The number of halogens is 1. The van der Waals surface area contributed by atoms with Crippen molar-refractivity contribution in [2.24, 2.45) is 25.7 Å². The molecule has 0 unspecified atom stereocenters. The molecule has 0 bridgehead atoms. The summed E-state index contributed by atoms with van der Waals surface area (Å²) in [6.07, 6.45) is 11.6. The molecule has 0 saturated heterocycles. The molecule has 2 fully saturated rings. The van der Waals surface area contributed by atoms with E-state index in [0.29, 0.717) is 40.2 Å². The van der Waals surface area contributed by atoms with E-state index >= 15 is 0 Å². The zero-order valence-electron chi connectivity index (χ0n) is 22.3. The summed E-state index contributed by atoms with van der Waals surface area (Å²) < 4.78 is 9.29. The third-order valence-electron chi connectivity index (χ3n) is 7.17. The smallest absolute Gasteiger partial charge is 0.274 e. The van der Waals surface area contributed by atoms with Gasteiger partial charge in [-0.2, -0.15) is 4.98 Å². The summed E-state index contributed by atoms with van der Waals surface area (Å²) in [5.41, 5.74) is 8.48. The zero-order chi connectivity index (χ0) is 28.1. The van der Waals surface area contributed by atoms with Crippen LogP contribution in [0.2, 0.25) is 5.02 Å². The molecule has 6 rings (SSSR count). The van der Waals surface area contributed by atoms with Gasteiger partial charge >= 0.3 is 0 Å². The Labute approximate surface area is 234 Å². The number of imidazole rings is 1. The summed E-state index contributed by atoms with van der Waals surface area (Å²) in [5.74, 6) is 1.87. The van der Waals surface area contributed by atoms with Gasteiger partial charge < -0.3 is 24.9 Å². The Kier molecular flexibility index (Phi) is 6.41. The van der Waals surface area contributed by atoms with E-state index in [2.05, 4.69) is 25.3 Å². The quantitative estimate of drug-likeness (QED) is 0.309. The van der Waals surface area contributed by atoms with Gasteiger partial charge in [-0.1, -0.05) is 11.6 Å². The first kappa shape index (κ1) is 25.8. The second-order valence-corrected chi connectivity index (χ2v) is 10.5. The summed E-state index contributed by atoms with van der Waals surface area (Å²) >= 11 is 6.75. The van der Waals surface area contributed by atoms with Crippen molar-refractivity contribution >= 4 is 51.9 Å². The summed E-state index contributed by atoms with van der Waals surface area (Å²) in [6.45, 7) is 0. The molecule has 206 valence electrons. The SMILES string of the molecule is CN(C(=O)C1CC1)c1cnc(C(=CN)Oc2cnc3nc(Nc4cc(C5CC5)cn(C)c4=O)n(C)c3c2Cl)cn1. The number of fused-ring (bicyclic) bond motifs is 1. The molecule has 0 atom stereocenters. The average Bonchev–Trinajstić information content (AvgIpc) is 3.88. The maximum Gasteiger partial charge on any atom is 0.274 e. The Hall–Kier alpha value is -4.45. The fraction of sp³-hybridized carbons (Fsp3) is 0.333. The van der Waals surface area contributed by atoms with Crippen LogP contribution < -0.4 is 26.2 Å². The normalized spacial score (nSPS) is 15.3. The number of nitrogens with zero attached hydrogens (tertiary/aromatic N) is 7. The van der Waals surface area contributed by atoms with Crippen molar-refractivity contribution < 1.29 is 9.53 Å². The molecule has 4 aromatic heterocycles. The molecular formula is C27H28ClN9O3. The lowest BCUT2D eigenvalue weighted by molar-refractivity contribution is -0.119. The first-order chi connectivity index (χ1) is 19.2. The molecule has 2 aliphatic carbocycles. The molecule has 12 nitrogen and oxygen atoms in total. The minimum Gasteiger partial charge on any atom is -0.450 e. The van der Waals surface area contributed by atoms with Crippen LogP contribution in [0.4, 0.5) is 17.5 Å². The van der Waals surface area contributed by atoms with Crippen molar-refractivity contribution in [2.75, 3.05) is 17.3 Å². The number of aromatic nitrogens is 6. The highest BCUT2D eigenvalue weighted by molar-refractivity contribution is 6.36. The van der Waals surface area contributed by atoms with Gasteiger partial charge in [0.1, 0.15) is 21.9 Å². The number of carbonyl (C=O) groups is 1. The first-order valence-electron chi connectivity index (χ1n) is 12.9. The van der Waals surface area contributed by atoms with Gasteiger partial charge in [-0.25, -0.2) is 15.0 Å². The van der Waals surface area contributed by atoms with E-state index in [9.17, 15) is 9.59 Å². The minimum absolute atomic E-state index is 0.0278. The lowest BCUT2D eigenvalue weighted by Crippen LogP contribution is -2.28. The van der Waals surface area contributed by atoms with Crippen molar-refractivity contribution in [1.82, 2.24) is 29.1 Å². The van der Waals surface area contributed by atoms with Gasteiger partial charge in [0.25, 0.3) is 5.56 Å². The second kappa shape index (κ2) is 9.94. The number of nitrogens with one attached hydrogen (secondary N) is 1. The van der Waals surface area contributed by atoms with Crippen LogP contribution in [0.3, 0.4) is 0 Å². The number of carbonyl (C=O) groups excluding carboxylic acids is 1. The van der Waals surface area contributed by atoms with E-state index in [4.69, 9.17) is 22.1 Å². The highest BCUT2D eigenvalue weighted by atomic mass is 35.5. The van der Waals surface area contributed by atoms with E-state index in [1.54, 1.807) is 30.3 Å². The molecule has 40 heavy (non-hydrogen) atoms. The number of hydrogen-bond acceptors (Lipinski definition) is 9. The first-order valence-corrected chi connectivity index (χ1v) is 13.3. The predicted octanol–water partition coefficient (Wildman–Crippen LogP) is 3.44. The molecule has 13 heteroatoms. The molecule has 2 aliphatic rings. The summed E-state index contributed by atoms with van der Waals surface area (Å²) in [4.78, 5) is 44.3. The Morgan fingerprint density at radius 2 is 1.95 bits per heavy atom. The van der Waals surface area contributed by atoms with Crippen LogP contribution in [0.25, 0.3) is 16.9 Å². The van der Waals surface area contributed by atoms with Crippen LogP contribution in [0.15, 0.2) is 41.8 Å². The molecule has 0 radical (unpaired) electrons. The van der Waals surface area contributed by atoms with Crippen molar-refractivity contribution in [3.8, 4) is 5.75 Å². The zero-order valence-corrected chi connectivity index (χ0v) is 23.0. The second-order valence-electron chi connectivity index (χ2n) is 10.2. The topological polar surface area (TPSA) is 146 Å². The van der Waals surface area contributed by atoms with Crippen LogP contribution in [-0.2, 0) is 18.9 Å². The van der Waals surface area contributed by atoms with Crippen molar-refractivity contribution in [2.45, 2.75) is 31.6 Å². The molecule has 1 amide bonds. The molecule has 4 heterocycles. The number of rotatable bonds is 8. The Morgan fingerprint density at radius 1 is 1.18 bits per heavy atom. The third kappa shape index (κ3) is 4.75. The highest BCUT2D eigenvalue weighted by Crippen LogP contribution is 2.40. The van der Waals surface area contributed by atoms with Gasteiger partial charge in [-0.3, -0.25) is 14.5 Å². The van der Waals surface area contributed by atoms with Gasteiger partial charge in [0.15, 0.2) is 23.0 Å². The van der Waals surface area contributed by atoms with Gasteiger partial charge in [-0.05, 0) is 43.2 Å². The predicted molar refractivity (Wildman–Crippen MR) is 151 cm³/mol. The molecule has 4 aromatic rings. The van der Waals surface area contributed by atoms with Crippen LogP contribution in [0, 0.1) is 5.92 Å².